The molecule has 4 heteroatoms. The van der Waals surface area contributed by atoms with E-state index in [-0.39, 0.29) is 11.9 Å². The second kappa shape index (κ2) is 6.77. The second-order valence-corrected chi connectivity index (χ2v) is 6.12. The minimum atomic E-state index is -0.225. The lowest BCUT2D eigenvalue weighted by atomic mass is 9.86. The Bertz CT molecular complexity index is 432. The van der Waals surface area contributed by atoms with E-state index in [4.69, 9.17) is 11.6 Å². The van der Waals surface area contributed by atoms with Crippen molar-refractivity contribution < 1.29 is 4.39 Å². The van der Waals surface area contributed by atoms with Gasteiger partial charge in [0.2, 0.25) is 0 Å². The number of hydrogen-bond acceptors (Lipinski definition) is 2. The van der Waals surface area contributed by atoms with Gasteiger partial charge in [0.1, 0.15) is 5.82 Å². The van der Waals surface area contributed by atoms with Gasteiger partial charge in [-0.2, -0.15) is 0 Å². The van der Waals surface area contributed by atoms with E-state index in [9.17, 15) is 4.39 Å². The summed E-state index contributed by atoms with van der Waals surface area (Å²) in [4.78, 5) is 2.12. The molecule has 0 radical (unpaired) electrons. The largest absolute Gasteiger partial charge is 0.365 e. The van der Waals surface area contributed by atoms with Crippen molar-refractivity contribution in [3.8, 4) is 0 Å². The zero-order valence-corrected chi connectivity index (χ0v) is 13.3. The predicted molar refractivity (Wildman–Crippen MR) is 84.1 cm³/mol. The summed E-state index contributed by atoms with van der Waals surface area (Å²) < 4.78 is 14.1. The molecule has 1 aromatic carbocycles. The quantitative estimate of drug-likeness (QED) is 0.901. The van der Waals surface area contributed by atoms with Crippen LogP contribution in [0.1, 0.15) is 33.6 Å². The van der Waals surface area contributed by atoms with Crippen LogP contribution in [-0.2, 0) is 0 Å². The van der Waals surface area contributed by atoms with Crippen molar-refractivity contribution in [1.82, 2.24) is 5.32 Å². The zero-order chi connectivity index (χ0) is 14.7. The molecule has 1 N–H and O–H groups in total. The molecule has 3 atom stereocenters. The van der Waals surface area contributed by atoms with Crippen LogP contribution in [0, 0.1) is 11.7 Å². The van der Waals surface area contributed by atoms with E-state index in [1.165, 1.54) is 6.07 Å². The third-order valence-electron chi connectivity index (χ3n) is 4.45. The molecule has 1 aliphatic heterocycles. The maximum atomic E-state index is 14.1. The number of nitrogens with one attached hydrogen (secondary N) is 1. The fourth-order valence-corrected chi connectivity index (χ4v) is 3.33. The van der Waals surface area contributed by atoms with Crippen LogP contribution in [0.3, 0.4) is 0 Å². The average molecular weight is 299 g/mol. The van der Waals surface area contributed by atoms with Crippen molar-refractivity contribution in [2.24, 2.45) is 5.92 Å². The van der Waals surface area contributed by atoms with Gasteiger partial charge in [0.15, 0.2) is 0 Å². The molecule has 1 aromatic rings. The van der Waals surface area contributed by atoms with Gasteiger partial charge in [-0.15, -0.1) is 0 Å². The highest BCUT2D eigenvalue weighted by Crippen LogP contribution is 2.35. The number of piperidine rings is 1. The summed E-state index contributed by atoms with van der Waals surface area (Å²) in [6, 6.07) is 5.68. The molecule has 1 saturated heterocycles. The van der Waals surface area contributed by atoms with Crippen LogP contribution >= 0.6 is 11.6 Å². The van der Waals surface area contributed by atoms with Gasteiger partial charge >= 0.3 is 0 Å². The first-order chi connectivity index (χ1) is 9.56. The SMILES string of the molecule is CCCNC1CCN(c2c(F)cccc2Cl)C(C)C1C. The van der Waals surface area contributed by atoms with Crippen molar-refractivity contribution in [1.29, 1.82) is 0 Å². The molecule has 1 heterocycles. The number of nitrogens with zero attached hydrogens (tertiary/aromatic N) is 1. The molecular formula is C16H24ClFN2. The topological polar surface area (TPSA) is 15.3 Å². The second-order valence-electron chi connectivity index (χ2n) is 5.71. The number of para-hydroxylation sites is 1. The highest BCUT2D eigenvalue weighted by Gasteiger charge is 2.33. The van der Waals surface area contributed by atoms with Crippen molar-refractivity contribution in [3.05, 3.63) is 29.0 Å². The van der Waals surface area contributed by atoms with Crippen LogP contribution in [0.2, 0.25) is 5.02 Å². The molecule has 0 aromatic heterocycles. The maximum Gasteiger partial charge on any atom is 0.148 e. The van der Waals surface area contributed by atoms with Gasteiger partial charge in [-0.1, -0.05) is 31.5 Å². The summed E-state index contributed by atoms with van der Waals surface area (Å²) in [5.74, 6) is 0.238. The van der Waals surface area contributed by atoms with E-state index in [0.717, 1.165) is 25.9 Å². The monoisotopic (exact) mass is 298 g/mol. The molecule has 3 unspecified atom stereocenters. The fourth-order valence-electron chi connectivity index (χ4n) is 3.06. The Labute approximate surface area is 126 Å². The van der Waals surface area contributed by atoms with Crippen LogP contribution in [0.25, 0.3) is 0 Å². The van der Waals surface area contributed by atoms with Gasteiger partial charge in [0.25, 0.3) is 0 Å². The molecular weight excluding hydrogens is 275 g/mol. The van der Waals surface area contributed by atoms with Gasteiger partial charge in [0.05, 0.1) is 10.7 Å². The number of rotatable bonds is 4. The van der Waals surface area contributed by atoms with Gasteiger partial charge in [0, 0.05) is 18.6 Å². The smallest absolute Gasteiger partial charge is 0.148 e. The van der Waals surface area contributed by atoms with Gasteiger partial charge in [-0.3, -0.25) is 0 Å². The molecule has 0 aliphatic carbocycles. The van der Waals surface area contributed by atoms with Crippen LogP contribution in [-0.4, -0.2) is 25.2 Å². The number of benzene rings is 1. The Hall–Kier alpha value is -0.800. The standard InChI is InChI=1S/C16H24ClFN2/c1-4-9-19-15-8-10-20(12(3)11(15)2)16-13(17)6-5-7-14(16)18/h5-7,11-12,15,19H,4,8-10H2,1-3H3. The van der Waals surface area contributed by atoms with Crippen molar-refractivity contribution >= 4 is 17.3 Å². The van der Waals surface area contributed by atoms with Crippen molar-refractivity contribution in [2.45, 2.75) is 45.7 Å². The molecule has 0 spiro atoms. The minimum absolute atomic E-state index is 0.225. The van der Waals surface area contributed by atoms with Crippen molar-refractivity contribution in [3.63, 3.8) is 0 Å². The van der Waals surface area contributed by atoms with Gasteiger partial charge in [-0.05, 0) is 44.4 Å². The summed E-state index contributed by atoms with van der Waals surface area (Å²) in [6.45, 7) is 8.46. The predicted octanol–water partition coefficient (Wildman–Crippen LogP) is 4.08. The maximum absolute atomic E-state index is 14.1. The van der Waals surface area contributed by atoms with Gasteiger partial charge in [-0.25, -0.2) is 4.39 Å². The lowest BCUT2D eigenvalue weighted by Gasteiger charge is -2.44. The normalized spacial score (nSPS) is 26.9. The highest BCUT2D eigenvalue weighted by molar-refractivity contribution is 6.33. The summed E-state index contributed by atoms with van der Waals surface area (Å²) in [5.41, 5.74) is 0.558. The Balaban J connectivity index is 2.16. The first-order valence-corrected chi connectivity index (χ1v) is 7.88. The average Bonchev–Trinajstić information content (AvgIpc) is 2.42. The van der Waals surface area contributed by atoms with Crippen LogP contribution in [0.15, 0.2) is 18.2 Å². The molecule has 2 nitrogen and oxygen atoms in total. The summed E-state index contributed by atoms with van der Waals surface area (Å²) in [5, 5.41) is 4.10. The molecule has 0 amide bonds. The zero-order valence-electron chi connectivity index (χ0n) is 12.5. The van der Waals surface area contributed by atoms with E-state index in [2.05, 4.69) is 31.0 Å². The van der Waals surface area contributed by atoms with E-state index < -0.39 is 0 Å². The van der Waals surface area contributed by atoms with E-state index in [1.54, 1.807) is 12.1 Å². The Morgan fingerprint density at radius 3 is 2.80 bits per heavy atom. The van der Waals surface area contributed by atoms with Gasteiger partial charge < -0.3 is 10.2 Å². The molecule has 0 saturated carbocycles. The Morgan fingerprint density at radius 2 is 2.15 bits per heavy atom. The number of halogens is 2. The minimum Gasteiger partial charge on any atom is -0.365 e. The first kappa shape index (κ1) is 15.6. The lowest BCUT2D eigenvalue weighted by molar-refractivity contribution is 0.270. The molecule has 1 fully saturated rings. The molecule has 20 heavy (non-hydrogen) atoms. The summed E-state index contributed by atoms with van der Waals surface area (Å²) in [6.07, 6.45) is 2.16. The van der Waals surface area contributed by atoms with Crippen LogP contribution in [0.5, 0.6) is 0 Å². The van der Waals surface area contributed by atoms with E-state index >= 15 is 0 Å². The van der Waals surface area contributed by atoms with Crippen LogP contribution < -0.4 is 10.2 Å². The Kier molecular flexibility index (Phi) is 5.28. The van der Waals surface area contributed by atoms with Crippen LogP contribution in [0.4, 0.5) is 10.1 Å². The first-order valence-electron chi connectivity index (χ1n) is 7.50. The number of anilines is 1. The van der Waals surface area contributed by atoms with Crippen molar-refractivity contribution in [2.75, 3.05) is 18.0 Å². The summed E-state index contributed by atoms with van der Waals surface area (Å²) >= 11 is 6.20. The third-order valence-corrected chi connectivity index (χ3v) is 4.75. The molecule has 1 aliphatic rings. The van der Waals surface area contributed by atoms with E-state index in [1.807, 2.05) is 0 Å². The molecule has 0 bridgehead atoms. The summed E-state index contributed by atoms with van der Waals surface area (Å²) in [7, 11) is 0. The highest BCUT2D eigenvalue weighted by atomic mass is 35.5. The fraction of sp³-hybridized carbons (Fsp3) is 0.625. The number of hydrogen-bond donors (Lipinski definition) is 1. The third kappa shape index (κ3) is 3.09. The molecule has 2 rings (SSSR count). The lowest BCUT2D eigenvalue weighted by Crippen LogP contribution is -2.54. The molecule has 112 valence electrons. The Morgan fingerprint density at radius 1 is 1.40 bits per heavy atom. The van der Waals surface area contributed by atoms with E-state index in [0.29, 0.717) is 22.7 Å².